The van der Waals surface area contributed by atoms with Crippen LogP contribution >= 0.6 is 0 Å². The van der Waals surface area contributed by atoms with E-state index in [1.807, 2.05) is 31.2 Å². The molecule has 1 heterocycles. The molecule has 2 rings (SSSR count). The lowest BCUT2D eigenvalue weighted by Gasteiger charge is -2.10. The number of nitrogens with one attached hydrogen (secondary N) is 1. The Hall–Kier alpha value is -2.87. The molecule has 28 heavy (non-hydrogen) atoms. The van der Waals surface area contributed by atoms with Crippen molar-refractivity contribution in [2.24, 2.45) is 0 Å². The van der Waals surface area contributed by atoms with Crippen LogP contribution in [0.4, 0.5) is 0 Å². The number of carbonyl (C=O) groups is 1. The molecule has 0 radical (unpaired) electrons. The maximum atomic E-state index is 12.1. The summed E-state index contributed by atoms with van der Waals surface area (Å²) in [6.45, 7) is 4.59. The second-order valence-electron chi connectivity index (χ2n) is 6.29. The summed E-state index contributed by atoms with van der Waals surface area (Å²) in [4.78, 5) is 37.1. The van der Waals surface area contributed by atoms with Gasteiger partial charge < -0.3 is 14.2 Å². The predicted octanol–water partition coefficient (Wildman–Crippen LogP) is 1.84. The highest BCUT2D eigenvalue weighted by atomic mass is 16.5. The Morgan fingerprint density at radius 2 is 2.00 bits per heavy atom. The molecule has 1 N–H and O–H groups in total. The Morgan fingerprint density at radius 3 is 2.75 bits per heavy atom. The number of nitrogens with zero attached hydrogens (tertiary/aromatic N) is 1. The molecule has 152 valence electrons. The van der Waals surface area contributed by atoms with E-state index in [0.29, 0.717) is 31.6 Å². The van der Waals surface area contributed by atoms with Gasteiger partial charge in [-0.25, -0.2) is 4.79 Å². The molecule has 0 saturated carbocycles. The molecule has 0 spiro atoms. The number of rotatable bonds is 11. The minimum Gasteiger partial charge on any atom is -0.494 e. The Morgan fingerprint density at radius 1 is 1.18 bits per heavy atom. The zero-order valence-electron chi connectivity index (χ0n) is 16.2. The van der Waals surface area contributed by atoms with Gasteiger partial charge in [-0.1, -0.05) is 19.1 Å². The molecule has 2 aromatic rings. The molecule has 0 aliphatic heterocycles. The van der Waals surface area contributed by atoms with Gasteiger partial charge in [0.15, 0.2) is 0 Å². The molecule has 0 amide bonds. The van der Waals surface area contributed by atoms with E-state index in [-0.39, 0.29) is 19.3 Å². The number of aromatic amines is 1. The second kappa shape index (κ2) is 11.1. The minimum atomic E-state index is -0.534. The average molecular weight is 390 g/mol. The third-order valence-electron chi connectivity index (χ3n) is 3.82. The van der Waals surface area contributed by atoms with Gasteiger partial charge in [0.1, 0.15) is 12.5 Å². The maximum absolute atomic E-state index is 12.1. The highest BCUT2D eigenvalue weighted by Crippen LogP contribution is 2.15. The molecule has 0 atom stereocenters. The highest BCUT2D eigenvalue weighted by molar-refractivity contribution is 5.65. The van der Waals surface area contributed by atoms with Crippen molar-refractivity contribution in [3.8, 4) is 5.75 Å². The molecular weight excluding hydrogens is 364 g/mol. The number of hydrogen-bond acceptors (Lipinski definition) is 6. The van der Waals surface area contributed by atoms with E-state index in [9.17, 15) is 14.4 Å². The lowest BCUT2D eigenvalue weighted by molar-refractivity contribution is -0.141. The molecule has 1 aromatic heterocycles. The van der Waals surface area contributed by atoms with E-state index >= 15 is 0 Å². The van der Waals surface area contributed by atoms with Gasteiger partial charge in [0.2, 0.25) is 0 Å². The first-order valence-electron chi connectivity index (χ1n) is 9.25. The quantitative estimate of drug-likeness (QED) is 0.464. The third-order valence-corrected chi connectivity index (χ3v) is 3.82. The summed E-state index contributed by atoms with van der Waals surface area (Å²) in [6, 6.07) is 7.53. The van der Waals surface area contributed by atoms with Crippen molar-refractivity contribution < 1.29 is 19.0 Å². The fourth-order valence-corrected chi connectivity index (χ4v) is 2.50. The number of benzene rings is 1. The zero-order chi connectivity index (χ0) is 20.4. The van der Waals surface area contributed by atoms with Crippen LogP contribution in [0, 0.1) is 0 Å². The van der Waals surface area contributed by atoms with Gasteiger partial charge in [-0.2, -0.15) is 0 Å². The van der Waals surface area contributed by atoms with Gasteiger partial charge in [0, 0.05) is 31.5 Å². The molecule has 0 unspecified atom stereocenters. The van der Waals surface area contributed by atoms with Crippen LogP contribution in [-0.4, -0.2) is 35.3 Å². The smallest absolute Gasteiger partial charge is 0.330 e. The van der Waals surface area contributed by atoms with Crippen molar-refractivity contribution in [1.29, 1.82) is 0 Å². The van der Waals surface area contributed by atoms with E-state index in [0.717, 1.165) is 17.7 Å². The topological polar surface area (TPSA) is 99.6 Å². The Bertz CT molecular complexity index is 887. The monoisotopic (exact) mass is 390 g/mol. The lowest BCUT2D eigenvalue weighted by atomic mass is 10.1. The largest absolute Gasteiger partial charge is 0.494 e. The number of hydrogen-bond donors (Lipinski definition) is 1. The molecule has 0 aliphatic carbocycles. The number of ether oxygens (including phenoxy) is 3. The van der Waals surface area contributed by atoms with Crippen molar-refractivity contribution in [2.45, 2.75) is 39.8 Å². The summed E-state index contributed by atoms with van der Waals surface area (Å²) < 4.78 is 17.1. The van der Waals surface area contributed by atoms with Crippen molar-refractivity contribution in [2.75, 3.05) is 19.8 Å². The van der Waals surface area contributed by atoms with Crippen LogP contribution in [-0.2, 0) is 27.4 Å². The maximum Gasteiger partial charge on any atom is 0.330 e. The summed E-state index contributed by atoms with van der Waals surface area (Å²) in [5, 5.41) is 0. The zero-order valence-corrected chi connectivity index (χ0v) is 16.2. The number of esters is 1. The molecule has 8 heteroatoms. The standard InChI is InChI=1S/C20H26N2O6/c1-3-8-28-18-7-4-6-16(12-18)11-17-13-22(20(25)21-19(17)24)14-26-9-5-10-27-15(2)23/h4,6-7,12-13H,3,5,8-11,14H2,1-2H3,(H,21,24,25). The van der Waals surface area contributed by atoms with E-state index in [4.69, 9.17) is 14.2 Å². The van der Waals surface area contributed by atoms with Gasteiger partial charge in [-0.15, -0.1) is 0 Å². The fourth-order valence-electron chi connectivity index (χ4n) is 2.50. The Labute approximate surface area is 163 Å². The van der Waals surface area contributed by atoms with Crippen molar-refractivity contribution in [3.05, 3.63) is 62.4 Å². The van der Waals surface area contributed by atoms with Crippen LogP contribution in [0.25, 0.3) is 0 Å². The molecule has 0 aliphatic rings. The molecule has 0 bridgehead atoms. The highest BCUT2D eigenvalue weighted by Gasteiger charge is 2.07. The first-order valence-corrected chi connectivity index (χ1v) is 9.25. The third kappa shape index (κ3) is 7.03. The number of H-pyrrole nitrogens is 1. The van der Waals surface area contributed by atoms with Crippen molar-refractivity contribution in [3.63, 3.8) is 0 Å². The van der Waals surface area contributed by atoms with Gasteiger partial charge >= 0.3 is 11.7 Å². The normalized spacial score (nSPS) is 10.6. The van der Waals surface area contributed by atoms with Gasteiger partial charge in [-0.3, -0.25) is 19.1 Å². The second-order valence-corrected chi connectivity index (χ2v) is 6.29. The van der Waals surface area contributed by atoms with E-state index in [2.05, 4.69) is 4.98 Å². The summed E-state index contributed by atoms with van der Waals surface area (Å²) >= 11 is 0. The van der Waals surface area contributed by atoms with Gasteiger partial charge in [0.25, 0.3) is 5.56 Å². The molecule has 1 aromatic carbocycles. The van der Waals surface area contributed by atoms with Crippen LogP contribution in [0.3, 0.4) is 0 Å². The van der Waals surface area contributed by atoms with Crippen LogP contribution in [0.15, 0.2) is 40.1 Å². The van der Waals surface area contributed by atoms with E-state index in [1.165, 1.54) is 17.7 Å². The summed E-state index contributed by atoms with van der Waals surface area (Å²) in [5.41, 5.74) is 0.409. The number of carbonyl (C=O) groups excluding carboxylic acids is 1. The van der Waals surface area contributed by atoms with E-state index in [1.54, 1.807) is 0 Å². The molecule has 0 saturated heterocycles. The molecular formula is C20H26N2O6. The van der Waals surface area contributed by atoms with Crippen LogP contribution in [0.2, 0.25) is 0 Å². The number of aromatic nitrogens is 2. The van der Waals surface area contributed by atoms with Crippen LogP contribution in [0.1, 0.15) is 37.8 Å². The predicted molar refractivity (Wildman–Crippen MR) is 104 cm³/mol. The van der Waals surface area contributed by atoms with Gasteiger partial charge in [0.05, 0.1) is 19.8 Å². The fraction of sp³-hybridized carbons (Fsp3) is 0.450. The lowest BCUT2D eigenvalue weighted by Crippen LogP contribution is -2.32. The first-order chi connectivity index (χ1) is 13.5. The molecule has 8 nitrogen and oxygen atoms in total. The SMILES string of the molecule is CCCOc1cccc(Cc2cn(COCCCOC(C)=O)c(=O)[nH]c2=O)c1. The Kier molecular flexibility index (Phi) is 8.48. The molecule has 0 fully saturated rings. The van der Waals surface area contributed by atoms with Gasteiger partial charge in [-0.05, 0) is 24.1 Å². The van der Waals surface area contributed by atoms with Crippen LogP contribution < -0.4 is 16.0 Å². The van der Waals surface area contributed by atoms with Crippen LogP contribution in [0.5, 0.6) is 5.75 Å². The average Bonchev–Trinajstić information content (AvgIpc) is 2.66. The summed E-state index contributed by atoms with van der Waals surface area (Å²) in [6.07, 6.45) is 3.31. The van der Waals surface area contributed by atoms with Crippen molar-refractivity contribution >= 4 is 5.97 Å². The summed E-state index contributed by atoms with van der Waals surface area (Å²) in [7, 11) is 0. The van der Waals surface area contributed by atoms with E-state index < -0.39 is 11.2 Å². The Balaban J connectivity index is 2.00. The summed E-state index contributed by atoms with van der Waals surface area (Å²) in [5.74, 6) is 0.408. The first kappa shape index (κ1) is 21.4. The van der Waals surface area contributed by atoms with Crippen molar-refractivity contribution in [1.82, 2.24) is 9.55 Å². The minimum absolute atomic E-state index is 0.00232.